The zero-order chi connectivity index (χ0) is 20.6. The molecule has 1 amide bonds. The average molecular weight is 407 g/mol. The van der Waals surface area contributed by atoms with E-state index in [1.54, 1.807) is 10.6 Å². The fourth-order valence-electron chi connectivity index (χ4n) is 4.51. The molecule has 0 bridgehead atoms. The van der Waals surface area contributed by atoms with E-state index in [-0.39, 0.29) is 17.5 Å². The van der Waals surface area contributed by atoms with Gasteiger partial charge in [-0.1, -0.05) is 19.3 Å². The largest absolute Gasteiger partial charge is 0.393 e. The van der Waals surface area contributed by atoms with Gasteiger partial charge in [0.1, 0.15) is 5.82 Å². The summed E-state index contributed by atoms with van der Waals surface area (Å²) in [5.74, 6) is -1.36. The van der Waals surface area contributed by atoms with Gasteiger partial charge in [-0.25, -0.2) is 4.98 Å². The molecule has 1 N–H and O–H groups in total. The van der Waals surface area contributed by atoms with Crippen molar-refractivity contribution in [2.75, 3.05) is 0 Å². The molecular weight excluding hydrogens is 383 g/mol. The Morgan fingerprint density at radius 1 is 1.10 bits per heavy atom. The van der Waals surface area contributed by atoms with Gasteiger partial charge in [0, 0.05) is 24.6 Å². The lowest BCUT2D eigenvalue weighted by Gasteiger charge is -2.33. The van der Waals surface area contributed by atoms with Crippen LogP contribution >= 0.6 is 0 Å². The molecule has 0 saturated heterocycles. The Balaban J connectivity index is 1.62. The van der Waals surface area contributed by atoms with E-state index in [0.717, 1.165) is 19.3 Å². The highest BCUT2D eigenvalue weighted by Crippen LogP contribution is 2.37. The van der Waals surface area contributed by atoms with E-state index in [4.69, 9.17) is 0 Å². The standard InChI is InChI=1S/C21H24F3N3O2/c22-21(23,24)15-6-3-4-7-16(15)26-19(28)13-9-10-14-17(12-13)25-18-8-2-1-5-11-27(18)20(14)29/h9-10,12,15-16H,1-8,11H2,(H,26,28)/t15-,16-/m1/s1. The number of aryl methyl sites for hydroxylation is 1. The highest BCUT2D eigenvalue weighted by atomic mass is 19.4. The zero-order valence-electron chi connectivity index (χ0n) is 16.1. The predicted molar refractivity (Wildman–Crippen MR) is 103 cm³/mol. The number of alkyl halides is 3. The van der Waals surface area contributed by atoms with E-state index in [1.807, 2.05) is 0 Å². The molecule has 2 heterocycles. The molecule has 2 aromatic rings. The number of hydrogen-bond acceptors (Lipinski definition) is 3. The van der Waals surface area contributed by atoms with E-state index in [9.17, 15) is 22.8 Å². The quantitative estimate of drug-likeness (QED) is 0.819. The van der Waals surface area contributed by atoms with Gasteiger partial charge in [-0.15, -0.1) is 0 Å². The molecule has 1 saturated carbocycles. The van der Waals surface area contributed by atoms with Crippen LogP contribution in [-0.4, -0.2) is 27.7 Å². The molecule has 1 fully saturated rings. The van der Waals surface area contributed by atoms with E-state index >= 15 is 0 Å². The van der Waals surface area contributed by atoms with Crippen molar-refractivity contribution in [1.82, 2.24) is 14.9 Å². The summed E-state index contributed by atoms with van der Waals surface area (Å²) in [5.41, 5.74) is 0.532. The first-order valence-corrected chi connectivity index (χ1v) is 10.3. The molecule has 0 spiro atoms. The van der Waals surface area contributed by atoms with Gasteiger partial charge >= 0.3 is 6.18 Å². The first kappa shape index (κ1) is 19.9. The van der Waals surface area contributed by atoms with Gasteiger partial charge < -0.3 is 5.32 Å². The van der Waals surface area contributed by atoms with Gasteiger partial charge in [-0.05, 0) is 43.9 Å². The number of carbonyl (C=O) groups excluding carboxylic acids is 1. The molecule has 0 unspecified atom stereocenters. The molecule has 1 aliphatic heterocycles. The molecule has 2 aliphatic rings. The molecule has 8 heteroatoms. The second kappa shape index (κ2) is 7.80. The van der Waals surface area contributed by atoms with Crippen LogP contribution in [0.2, 0.25) is 0 Å². The maximum atomic E-state index is 13.3. The number of nitrogens with zero attached hydrogens (tertiary/aromatic N) is 2. The van der Waals surface area contributed by atoms with Crippen LogP contribution in [0.4, 0.5) is 13.2 Å². The topological polar surface area (TPSA) is 64.0 Å². The van der Waals surface area contributed by atoms with Crippen LogP contribution < -0.4 is 10.9 Å². The van der Waals surface area contributed by atoms with Crippen molar-refractivity contribution < 1.29 is 18.0 Å². The van der Waals surface area contributed by atoms with Crippen LogP contribution in [-0.2, 0) is 13.0 Å². The Kier molecular flexibility index (Phi) is 5.36. The molecule has 4 rings (SSSR count). The van der Waals surface area contributed by atoms with Crippen molar-refractivity contribution in [2.24, 2.45) is 5.92 Å². The van der Waals surface area contributed by atoms with Gasteiger partial charge in [-0.2, -0.15) is 13.2 Å². The van der Waals surface area contributed by atoms with Gasteiger partial charge in [0.2, 0.25) is 0 Å². The van der Waals surface area contributed by atoms with Crippen LogP contribution in [0.15, 0.2) is 23.0 Å². The Hall–Kier alpha value is -2.38. The lowest BCUT2D eigenvalue weighted by atomic mass is 9.84. The highest BCUT2D eigenvalue weighted by Gasteiger charge is 2.46. The second-order valence-electron chi connectivity index (χ2n) is 8.04. The minimum absolute atomic E-state index is 0.0383. The minimum atomic E-state index is -4.32. The third-order valence-electron chi connectivity index (χ3n) is 6.08. The first-order chi connectivity index (χ1) is 13.8. The fourth-order valence-corrected chi connectivity index (χ4v) is 4.51. The molecule has 5 nitrogen and oxygen atoms in total. The molecule has 1 aromatic heterocycles. The molecule has 0 radical (unpaired) electrons. The van der Waals surface area contributed by atoms with Crippen LogP contribution in [0.3, 0.4) is 0 Å². The Morgan fingerprint density at radius 2 is 1.90 bits per heavy atom. The minimum Gasteiger partial charge on any atom is -0.349 e. The molecule has 1 aromatic carbocycles. The van der Waals surface area contributed by atoms with Crippen molar-refractivity contribution in [3.8, 4) is 0 Å². The third kappa shape index (κ3) is 4.02. The second-order valence-corrected chi connectivity index (χ2v) is 8.04. The first-order valence-electron chi connectivity index (χ1n) is 10.3. The molecule has 1 aliphatic carbocycles. The number of aromatic nitrogens is 2. The molecule has 156 valence electrons. The number of hydrogen-bond donors (Lipinski definition) is 1. The number of halogens is 3. The van der Waals surface area contributed by atoms with Crippen molar-refractivity contribution in [3.05, 3.63) is 39.9 Å². The van der Waals surface area contributed by atoms with Crippen molar-refractivity contribution in [3.63, 3.8) is 0 Å². The lowest BCUT2D eigenvalue weighted by molar-refractivity contribution is -0.187. The van der Waals surface area contributed by atoms with E-state index in [2.05, 4.69) is 10.3 Å². The number of rotatable bonds is 2. The summed E-state index contributed by atoms with van der Waals surface area (Å²) < 4.78 is 41.6. The summed E-state index contributed by atoms with van der Waals surface area (Å²) in [6, 6.07) is 3.65. The average Bonchev–Trinajstić information content (AvgIpc) is 2.93. The van der Waals surface area contributed by atoms with Gasteiger partial charge in [-0.3, -0.25) is 14.2 Å². The number of carbonyl (C=O) groups is 1. The van der Waals surface area contributed by atoms with Gasteiger partial charge in [0.15, 0.2) is 0 Å². The summed E-state index contributed by atoms with van der Waals surface area (Å²) in [6.45, 7) is 0.639. The van der Waals surface area contributed by atoms with Crippen molar-refractivity contribution in [1.29, 1.82) is 0 Å². The maximum absolute atomic E-state index is 13.3. The summed E-state index contributed by atoms with van der Waals surface area (Å²) in [5, 5.41) is 3.00. The summed E-state index contributed by atoms with van der Waals surface area (Å²) in [4.78, 5) is 30.0. The Bertz CT molecular complexity index is 984. The number of amides is 1. The van der Waals surface area contributed by atoms with Crippen molar-refractivity contribution >= 4 is 16.8 Å². The van der Waals surface area contributed by atoms with Gasteiger partial charge in [0.25, 0.3) is 11.5 Å². The predicted octanol–water partition coefficient (Wildman–Crippen LogP) is 3.97. The summed E-state index contributed by atoms with van der Waals surface area (Å²) in [7, 11) is 0. The van der Waals surface area contributed by atoms with E-state index in [0.29, 0.717) is 49.0 Å². The number of nitrogens with one attached hydrogen (secondary N) is 1. The third-order valence-corrected chi connectivity index (χ3v) is 6.08. The van der Waals surface area contributed by atoms with E-state index in [1.165, 1.54) is 12.1 Å². The zero-order valence-corrected chi connectivity index (χ0v) is 16.1. The van der Waals surface area contributed by atoms with Crippen LogP contribution in [0, 0.1) is 5.92 Å². The number of benzene rings is 1. The SMILES string of the molecule is O=C(N[C@@H]1CCCC[C@H]1C(F)(F)F)c1ccc2c(=O)n3c(nc2c1)CCCCC3. The Labute approximate surface area is 166 Å². The van der Waals surface area contributed by atoms with Crippen LogP contribution in [0.1, 0.15) is 61.1 Å². The number of fused-ring (bicyclic) bond motifs is 2. The van der Waals surface area contributed by atoms with Gasteiger partial charge in [0.05, 0.1) is 16.8 Å². The highest BCUT2D eigenvalue weighted by molar-refractivity contribution is 5.97. The maximum Gasteiger partial charge on any atom is 0.393 e. The Morgan fingerprint density at radius 3 is 2.69 bits per heavy atom. The fraction of sp³-hybridized carbons (Fsp3) is 0.571. The summed E-state index contributed by atoms with van der Waals surface area (Å²) >= 11 is 0. The lowest BCUT2D eigenvalue weighted by Crippen LogP contribution is -2.47. The molecular formula is C21H24F3N3O2. The smallest absolute Gasteiger partial charge is 0.349 e. The molecule has 2 atom stereocenters. The van der Waals surface area contributed by atoms with Crippen LogP contribution in [0.5, 0.6) is 0 Å². The van der Waals surface area contributed by atoms with Crippen molar-refractivity contribution in [2.45, 2.75) is 70.1 Å². The van der Waals surface area contributed by atoms with Crippen LogP contribution in [0.25, 0.3) is 10.9 Å². The summed E-state index contributed by atoms with van der Waals surface area (Å²) in [6.07, 6.45) is 0.848. The monoisotopic (exact) mass is 407 g/mol. The molecule has 29 heavy (non-hydrogen) atoms. The normalized spacial score (nSPS) is 22.7. The van der Waals surface area contributed by atoms with E-state index < -0.39 is 24.0 Å².